The minimum absolute atomic E-state index is 0. The molecule has 0 atom stereocenters. The van der Waals surface area contributed by atoms with E-state index in [1.54, 1.807) is 7.11 Å². The summed E-state index contributed by atoms with van der Waals surface area (Å²) in [5.41, 5.74) is 6.45. The first-order valence-corrected chi connectivity index (χ1v) is 4.13. The van der Waals surface area contributed by atoms with Crippen LogP contribution in [0.15, 0.2) is 36.4 Å². The van der Waals surface area contributed by atoms with Gasteiger partial charge in [-0.3, -0.25) is 0 Å². The fraction of sp³-hybridized carbons (Fsp3) is 0.0909. The lowest BCUT2D eigenvalue weighted by atomic mass is 10.1. The minimum Gasteiger partial charge on any atom is -0.495 e. The lowest BCUT2D eigenvalue weighted by molar-refractivity contribution is 0.417. The van der Waals surface area contributed by atoms with Gasteiger partial charge in [0.2, 0.25) is 0 Å². The monoisotopic (exact) mass is 209 g/mol. The second kappa shape index (κ2) is 4.20. The van der Waals surface area contributed by atoms with Crippen LogP contribution in [0.3, 0.4) is 0 Å². The molecule has 2 rings (SSSR count). The van der Waals surface area contributed by atoms with Crippen LogP contribution in [0.25, 0.3) is 10.8 Å². The average molecular weight is 210 g/mol. The summed E-state index contributed by atoms with van der Waals surface area (Å²) in [7, 11) is 1.63. The Labute approximate surface area is 89.1 Å². The van der Waals surface area contributed by atoms with Crippen LogP contribution in [0.5, 0.6) is 5.75 Å². The van der Waals surface area contributed by atoms with E-state index in [1.165, 1.54) is 0 Å². The van der Waals surface area contributed by atoms with Gasteiger partial charge < -0.3 is 10.5 Å². The van der Waals surface area contributed by atoms with E-state index in [4.69, 9.17) is 10.5 Å². The summed E-state index contributed by atoms with van der Waals surface area (Å²) in [4.78, 5) is 0. The third-order valence-corrected chi connectivity index (χ3v) is 2.10. The fourth-order valence-electron chi connectivity index (χ4n) is 1.41. The van der Waals surface area contributed by atoms with E-state index in [-0.39, 0.29) is 12.4 Å². The van der Waals surface area contributed by atoms with Crippen molar-refractivity contribution in [1.82, 2.24) is 0 Å². The Balaban J connectivity index is 0.000000980. The molecule has 2 aromatic carbocycles. The first kappa shape index (κ1) is 10.7. The number of halogens is 1. The van der Waals surface area contributed by atoms with E-state index in [0.717, 1.165) is 16.5 Å². The fourth-order valence-corrected chi connectivity index (χ4v) is 1.41. The maximum Gasteiger partial charge on any atom is 0.142 e. The van der Waals surface area contributed by atoms with Crippen molar-refractivity contribution < 1.29 is 4.74 Å². The Morgan fingerprint density at radius 2 is 1.64 bits per heavy atom. The molecular formula is C11H12ClNO. The van der Waals surface area contributed by atoms with Crippen LogP contribution in [-0.4, -0.2) is 7.11 Å². The number of hydrogen-bond donors (Lipinski definition) is 1. The summed E-state index contributed by atoms with van der Waals surface area (Å²) in [5, 5.41) is 2.29. The SMILES string of the molecule is COc1cc2ccccc2cc1N.Cl. The highest BCUT2D eigenvalue weighted by molar-refractivity contribution is 5.88. The van der Waals surface area contributed by atoms with Gasteiger partial charge in [0.05, 0.1) is 12.8 Å². The highest BCUT2D eigenvalue weighted by Gasteiger charge is 2.00. The number of hydrogen-bond acceptors (Lipinski definition) is 2. The van der Waals surface area contributed by atoms with E-state index >= 15 is 0 Å². The molecule has 0 aliphatic rings. The molecule has 0 aliphatic carbocycles. The Bertz CT molecular complexity index is 442. The highest BCUT2D eigenvalue weighted by atomic mass is 35.5. The van der Waals surface area contributed by atoms with Crippen molar-refractivity contribution in [3.63, 3.8) is 0 Å². The molecule has 2 aromatic rings. The van der Waals surface area contributed by atoms with Gasteiger partial charge in [0.1, 0.15) is 5.75 Å². The summed E-state index contributed by atoms with van der Waals surface area (Å²) in [6.45, 7) is 0. The van der Waals surface area contributed by atoms with Crippen molar-refractivity contribution in [3.8, 4) is 5.75 Å². The Hall–Kier alpha value is -1.41. The molecule has 14 heavy (non-hydrogen) atoms. The van der Waals surface area contributed by atoms with Crippen molar-refractivity contribution >= 4 is 28.9 Å². The van der Waals surface area contributed by atoms with E-state index in [1.807, 2.05) is 36.4 Å². The zero-order valence-electron chi connectivity index (χ0n) is 7.86. The minimum atomic E-state index is 0. The van der Waals surface area contributed by atoms with Crippen LogP contribution in [0.4, 0.5) is 5.69 Å². The maximum absolute atomic E-state index is 5.77. The average Bonchev–Trinajstić information content (AvgIpc) is 2.17. The number of rotatable bonds is 1. The van der Waals surface area contributed by atoms with E-state index in [2.05, 4.69) is 0 Å². The highest BCUT2D eigenvalue weighted by Crippen LogP contribution is 2.27. The van der Waals surface area contributed by atoms with Crippen LogP contribution in [-0.2, 0) is 0 Å². The van der Waals surface area contributed by atoms with Gasteiger partial charge in [0.25, 0.3) is 0 Å². The second-order valence-corrected chi connectivity index (χ2v) is 2.94. The van der Waals surface area contributed by atoms with E-state index in [9.17, 15) is 0 Å². The van der Waals surface area contributed by atoms with E-state index in [0.29, 0.717) is 5.69 Å². The maximum atomic E-state index is 5.77. The predicted molar refractivity (Wildman–Crippen MR) is 62.2 cm³/mol. The molecule has 0 spiro atoms. The van der Waals surface area contributed by atoms with Gasteiger partial charge in [-0.25, -0.2) is 0 Å². The summed E-state index contributed by atoms with van der Waals surface area (Å²) in [5.74, 6) is 0.735. The number of fused-ring (bicyclic) bond motifs is 1. The molecule has 0 saturated heterocycles. The van der Waals surface area contributed by atoms with Gasteiger partial charge in [-0.2, -0.15) is 0 Å². The molecular weight excluding hydrogens is 198 g/mol. The number of methoxy groups -OCH3 is 1. The molecule has 2 nitrogen and oxygen atoms in total. The normalized spacial score (nSPS) is 9.50. The van der Waals surface area contributed by atoms with Crippen molar-refractivity contribution in [2.24, 2.45) is 0 Å². The molecule has 74 valence electrons. The van der Waals surface area contributed by atoms with E-state index < -0.39 is 0 Å². The van der Waals surface area contributed by atoms with Crippen molar-refractivity contribution in [3.05, 3.63) is 36.4 Å². The summed E-state index contributed by atoms with van der Waals surface area (Å²) in [6.07, 6.45) is 0. The van der Waals surface area contributed by atoms with Gasteiger partial charge in [0.15, 0.2) is 0 Å². The number of ether oxygens (including phenoxy) is 1. The number of anilines is 1. The van der Waals surface area contributed by atoms with Gasteiger partial charge >= 0.3 is 0 Å². The molecule has 0 amide bonds. The van der Waals surface area contributed by atoms with Crippen LogP contribution < -0.4 is 10.5 Å². The first-order valence-electron chi connectivity index (χ1n) is 4.13. The second-order valence-electron chi connectivity index (χ2n) is 2.94. The standard InChI is InChI=1S/C11H11NO.ClH/c1-13-11-7-9-5-3-2-4-8(9)6-10(11)12;/h2-7H,12H2,1H3;1H. The number of benzene rings is 2. The third kappa shape index (κ3) is 1.75. The van der Waals surface area contributed by atoms with Crippen LogP contribution >= 0.6 is 12.4 Å². The largest absolute Gasteiger partial charge is 0.495 e. The van der Waals surface area contributed by atoms with Gasteiger partial charge in [0, 0.05) is 0 Å². The first-order chi connectivity index (χ1) is 6.31. The van der Waals surface area contributed by atoms with Gasteiger partial charge in [-0.1, -0.05) is 24.3 Å². The molecule has 0 bridgehead atoms. The van der Waals surface area contributed by atoms with Crippen LogP contribution in [0, 0.1) is 0 Å². The summed E-state index contributed by atoms with van der Waals surface area (Å²) in [6, 6.07) is 11.9. The molecule has 3 heteroatoms. The molecule has 0 aliphatic heterocycles. The molecule has 0 unspecified atom stereocenters. The summed E-state index contributed by atoms with van der Waals surface area (Å²) < 4.78 is 5.13. The summed E-state index contributed by atoms with van der Waals surface area (Å²) >= 11 is 0. The molecule has 0 aromatic heterocycles. The zero-order valence-corrected chi connectivity index (χ0v) is 8.67. The lowest BCUT2D eigenvalue weighted by Gasteiger charge is -2.05. The Morgan fingerprint density at radius 3 is 2.21 bits per heavy atom. The molecule has 0 heterocycles. The van der Waals surface area contributed by atoms with Crippen LogP contribution in [0.2, 0.25) is 0 Å². The predicted octanol–water partition coefficient (Wildman–Crippen LogP) is 2.85. The van der Waals surface area contributed by atoms with Crippen LogP contribution in [0.1, 0.15) is 0 Å². The lowest BCUT2D eigenvalue weighted by Crippen LogP contribution is -1.91. The number of nitrogens with two attached hydrogens (primary N) is 1. The molecule has 0 radical (unpaired) electrons. The Morgan fingerprint density at radius 1 is 1.07 bits per heavy atom. The molecule has 0 saturated carbocycles. The topological polar surface area (TPSA) is 35.2 Å². The Kier molecular flexibility index (Phi) is 3.20. The zero-order chi connectivity index (χ0) is 9.26. The number of nitrogen functional groups attached to an aromatic ring is 1. The van der Waals surface area contributed by atoms with Gasteiger partial charge in [-0.15, -0.1) is 12.4 Å². The van der Waals surface area contributed by atoms with Crippen molar-refractivity contribution in [2.75, 3.05) is 12.8 Å². The quantitative estimate of drug-likeness (QED) is 0.733. The smallest absolute Gasteiger partial charge is 0.142 e. The van der Waals surface area contributed by atoms with Gasteiger partial charge in [-0.05, 0) is 22.9 Å². The van der Waals surface area contributed by atoms with Crippen molar-refractivity contribution in [2.45, 2.75) is 0 Å². The van der Waals surface area contributed by atoms with Crippen molar-refractivity contribution in [1.29, 1.82) is 0 Å². The molecule has 2 N–H and O–H groups in total. The third-order valence-electron chi connectivity index (χ3n) is 2.10. The molecule has 0 fully saturated rings.